The van der Waals surface area contributed by atoms with Crippen molar-refractivity contribution in [3.8, 4) is 23.3 Å². The van der Waals surface area contributed by atoms with E-state index in [1.54, 1.807) is 56.5 Å². The Morgan fingerprint density at radius 2 is 1.86 bits per heavy atom. The molecule has 0 aliphatic rings. The molecule has 0 aromatic heterocycles. The van der Waals surface area contributed by atoms with Crippen LogP contribution in [0.5, 0.6) is 17.2 Å². The number of rotatable bonds is 9. The third-order valence-corrected chi connectivity index (χ3v) is 3.66. The molecule has 0 bridgehead atoms. The maximum atomic E-state index is 12.4. The van der Waals surface area contributed by atoms with Gasteiger partial charge in [0, 0.05) is 5.69 Å². The van der Waals surface area contributed by atoms with Crippen LogP contribution in [0.1, 0.15) is 12.5 Å². The van der Waals surface area contributed by atoms with Crippen molar-refractivity contribution in [1.82, 2.24) is 0 Å². The third kappa shape index (κ3) is 6.29. The molecule has 0 fully saturated rings. The highest BCUT2D eigenvalue weighted by Gasteiger charge is 2.12. The first-order valence-corrected chi connectivity index (χ1v) is 8.72. The number of carbonyl (C=O) groups excluding carboxylic acids is 2. The molecule has 29 heavy (non-hydrogen) atoms. The van der Waals surface area contributed by atoms with E-state index in [1.807, 2.05) is 6.07 Å². The Morgan fingerprint density at radius 3 is 2.45 bits per heavy atom. The number of carbonyl (C=O) groups is 2. The number of hydrogen-bond donors (Lipinski definition) is 2. The number of methoxy groups -OCH3 is 1. The minimum absolute atomic E-state index is 0.0888. The highest BCUT2D eigenvalue weighted by molar-refractivity contribution is 6.09. The molecule has 0 aliphatic heterocycles. The van der Waals surface area contributed by atoms with Crippen molar-refractivity contribution in [2.75, 3.05) is 25.6 Å². The number of amides is 2. The van der Waals surface area contributed by atoms with Gasteiger partial charge in [-0.25, -0.2) is 0 Å². The summed E-state index contributed by atoms with van der Waals surface area (Å²) in [5.74, 6) is 0.198. The standard InChI is InChI=1S/C21H21N3O5/c1-3-28-19-11-14(4-9-18(19)29-13-20(23)25)10-15(12-22)21(26)24-16-5-7-17(27-2)8-6-16/h4-11H,3,13H2,1-2H3,(H2,23,25)(H,24,26)/b15-10-. The quantitative estimate of drug-likeness (QED) is 0.497. The van der Waals surface area contributed by atoms with E-state index in [1.165, 1.54) is 6.08 Å². The number of nitrogens with zero attached hydrogens (tertiary/aromatic N) is 1. The van der Waals surface area contributed by atoms with Crippen LogP contribution in [0.15, 0.2) is 48.0 Å². The van der Waals surface area contributed by atoms with Crippen LogP contribution < -0.4 is 25.3 Å². The molecular weight excluding hydrogens is 374 g/mol. The largest absolute Gasteiger partial charge is 0.497 e. The minimum atomic E-state index is -0.613. The molecule has 2 aromatic rings. The molecule has 2 aromatic carbocycles. The maximum Gasteiger partial charge on any atom is 0.266 e. The van der Waals surface area contributed by atoms with Gasteiger partial charge in [0.25, 0.3) is 11.8 Å². The number of hydrogen-bond acceptors (Lipinski definition) is 6. The second kappa shape index (κ2) is 10.4. The van der Waals surface area contributed by atoms with Gasteiger partial charge >= 0.3 is 0 Å². The van der Waals surface area contributed by atoms with Gasteiger partial charge in [-0.15, -0.1) is 0 Å². The molecule has 0 saturated heterocycles. The number of ether oxygens (including phenoxy) is 3. The fraction of sp³-hybridized carbons (Fsp3) is 0.190. The summed E-state index contributed by atoms with van der Waals surface area (Å²) in [4.78, 5) is 23.3. The SMILES string of the molecule is CCOc1cc(/C=C(/C#N)C(=O)Nc2ccc(OC)cc2)ccc1OCC(N)=O. The molecular formula is C21H21N3O5. The zero-order valence-corrected chi connectivity index (χ0v) is 16.1. The summed E-state index contributed by atoms with van der Waals surface area (Å²) in [6.07, 6.45) is 1.43. The summed E-state index contributed by atoms with van der Waals surface area (Å²) >= 11 is 0. The van der Waals surface area contributed by atoms with Gasteiger partial charge in [-0.1, -0.05) is 6.07 Å². The van der Waals surface area contributed by atoms with Crippen LogP contribution in [-0.4, -0.2) is 32.1 Å². The van der Waals surface area contributed by atoms with Crippen LogP contribution in [0, 0.1) is 11.3 Å². The predicted molar refractivity (Wildman–Crippen MR) is 108 cm³/mol. The number of benzene rings is 2. The van der Waals surface area contributed by atoms with Crippen LogP contribution in [-0.2, 0) is 9.59 Å². The van der Waals surface area contributed by atoms with Gasteiger partial charge in [0.2, 0.25) is 0 Å². The fourth-order valence-electron chi connectivity index (χ4n) is 2.34. The molecule has 0 radical (unpaired) electrons. The third-order valence-electron chi connectivity index (χ3n) is 3.66. The van der Waals surface area contributed by atoms with E-state index in [4.69, 9.17) is 19.9 Å². The number of anilines is 1. The van der Waals surface area contributed by atoms with E-state index in [9.17, 15) is 14.9 Å². The van der Waals surface area contributed by atoms with Crippen molar-refractivity contribution in [2.45, 2.75) is 6.92 Å². The smallest absolute Gasteiger partial charge is 0.266 e. The number of nitrogens with one attached hydrogen (secondary N) is 1. The number of primary amides is 1. The van der Waals surface area contributed by atoms with E-state index < -0.39 is 11.8 Å². The molecule has 0 saturated carbocycles. The Hall–Kier alpha value is -3.99. The van der Waals surface area contributed by atoms with Crippen molar-refractivity contribution < 1.29 is 23.8 Å². The van der Waals surface area contributed by atoms with Gasteiger partial charge < -0.3 is 25.3 Å². The topological polar surface area (TPSA) is 124 Å². The molecule has 0 spiro atoms. The number of nitrogens with two attached hydrogens (primary N) is 1. The summed E-state index contributed by atoms with van der Waals surface area (Å²) in [6.45, 7) is 1.87. The molecule has 0 aliphatic carbocycles. The number of nitriles is 1. The molecule has 2 amide bonds. The van der Waals surface area contributed by atoms with Gasteiger partial charge in [0.15, 0.2) is 18.1 Å². The second-order valence-electron chi connectivity index (χ2n) is 5.75. The fourth-order valence-corrected chi connectivity index (χ4v) is 2.34. The summed E-state index contributed by atoms with van der Waals surface area (Å²) in [6, 6.07) is 13.5. The van der Waals surface area contributed by atoms with E-state index in [-0.39, 0.29) is 12.2 Å². The van der Waals surface area contributed by atoms with Crippen molar-refractivity contribution in [3.05, 3.63) is 53.6 Å². The Bertz CT molecular complexity index is 946. The highest BCUT2D eigenvalue weighted by atomic mass is 16.5. The molecule has 0 unspecified atom stereocenters. The van der Waals surface area contributed by atoms with Crippen LogP contribution in [0.2, 0.25) is 0 Å². The van der Waals surface area contributed by atoms with E-state index in [0.29, 0.717) is 35.1 Å². The normalized spacial score (nSPS) is 10.6. The van der Waals surface area contributed by atoms with Crippen molar-refractivity contribution in [1.29, 1.82) is 5.26 Å². The zero-order chi connectivity index (χ0) is 21.2. The van der Waals surface area contributed by atoms with Crippen LogP contribution in [0.25, 0.3) is 6.08 Å². The molecule has 8 heteroatoms. The van der Waals surface area contributed by atoms with E-state index >= 15 is 0 Å². The van der Waals surface area contributed by atoms with Crippen LogP contribution in [0.3, 0.4) is 0 Å². The first-order chi connectivity index (χ1) is 14.0. The Labute approximate surface area is 168 Å². The Kier molecular flexibility index (Phi) is 7.62. The predicted octanol–water partition coefficient (Wildman–Crippen LogP) is 2.50. The molecule has 0 heterocycles. The molecule has 3 N–H and O–H groups in total. The van der Waals surface area contributed by atoms with E-state index in [0.717, 1.165) is 0 Å². The zero-order valence-electron chi connectivity index (χ0n) is 16.1. The van der Waals surface area contributed by atoms with Gasteiger partial charge in [-0.2, -0.15) is 5.26 Å². The summed E-state index contributed by atoms with van der Waals surface area (Å²) in [5.41, 5.74) is 6.09. The first kappa shape index (κ1) is 21.3. The van der Waals surface area contributed by atoms with Gasteiger partial charge in [-0.05, 0) is 55.0 Å². The average Bonchev–Trinajstić information content (AvgIpc) is 2.72. The first-order valence-electron chi connectivity index (χ1n) is 8.72. The summed E-state index contributed by atoms with van der Waals surface area (Å²) < 4.78 is 15.9. The van der Waals surface area contributed by atoms with Gasteiger partial charge in [0.05, 0.1) is 13.7 Å². The lowest BCUT2D eigenvalue weighted by molar-refractivity contribution is -0.120. The van der Waals surface area contributed by atoms with E-state index in [2.05, 4.69) is 5.32 Å². The lowest BCUT2D eigenvalue weighted by Gasteiger charge is -2.11. The molecule has 150 valence electrons. The van der Waals surface area contributed by atoms with Crippen molar-refractivity contribution in [3.63, 3.8) is 0 Å². The Morgan fingerprint density at radius 1 is 1.14 bits per heavy atom. The average molecular weight is 395 g/mol. The second-order valence-corrected chi connectivity index (χ2v) is 5.75. The molecule has 0 atom stereocenters. The van der Waals surface area contributed by atoms with Gasteiger partial charge in [0.1, 0.15) is 17.4 Å². The van der Waals surface area contributed by atoms with Crippen LogP contribution in [0.4, 0.5) is 5.69 Å². The van der Waals surface area contributed by atoms with Crippen molar-refractivity contribution >= 4 is 23.6 Å². The van der Waals surface area contributed by atoms with Gasteiger partial charge in [-0.3, -0.25) is 9.59 Å². The lowest BCUT2D eigenvalue weighted by Crippen LogP contribution is -2.20. The monoisotopic (exact) mass is 395 g/mol. The highest BCUT2D eigenvalue weighted by Crippen LogP contribution is 2.29. The summed E-state index contributed by atoms with van der Waals surface area (Å²) in [5, 5.41) is 12.0. The lowest BCUT2D eigenvalue weighted by atomic mass is 10.1. The maximum absolute atomic E-state index is 12.4. The van der Waals surface area contributed by atoms with Crippen molar-refractivity contribution in [2.24, 2.45) is 5.73 Å². The minimum Gasteiger partial charge on any atom is -0.497 e. The summed E-state index contributed by atoms with van der Waals surface area (Å²) in [7, 11) is 1.55. The molecule has 2 rings (SSSR count). The molecule has 8 nitrogen and oxygen atoms in total. The Balaban J connectivity index is 2.21. The van der Waals surface area contributed by atoms with Crippen LogP contribution >= 0.6 is 0 Å².